The van der Waals surface area contributed by atoms with Gasteiger partial charge in [0.1, 0.15) is 17.2 Å². The molecule has 312 valence electrons. The van der Waals surface area contributed by atoms with Crippen LogP contribution in [0.1, 0.15) is 156 Å². The number of hydrogen-bond donors (Lipinski definition) is 3. The molecule has 12 heteroatoms. The molecule has 12 nitrogen and oxygen atoms in total. The van der Waals surface area contributed by atoms with Gasteiger partial charge in [-0.25, -0.2) is 14.4 Å². The minimum atomic E-state index is -1.20. The third-order valence-electron chi connectivity index (χ3n) is 10.8. The summed E-state index contributed by atoms with van der Waals surface area (Å²) >= 11 is 0. The first-order chi connectivity index (χ1) is 27.7. The molecule has 0 aromatic heterocycles. The van der Waals surface area contributed by atoms with Gasteiger partial charge in [0.25, 0.3) is 0 Å². The molecule has 4 aromatic rings. The van der Waals surface area contributed by atoms with E-state index in [0.717, 1.165) is 16.7 Å². The van der Waals surface area contributed by atoms with E-state index in [9.17, 15) is 44.1 Å². The van der Waals surface area contributed by atoms with Crippen molar-refractivity contribution in [3.8, 4) is 17.2 Å². The second kappa shape index (κ2) is 18.5. The Hall–Kier alpha value is -6.30. The number of benzene rings is 4. The molecule has 0 bridgehead atoms. The molecule has 0 aliphatic carbocycles. The molecule has 4 rings (SSSR count). The van der Waals surface area contributed by atoms with E-state index in [1.54, 1.807) is 18.2 Å². The van der Waals surface area contributed by atoms with Crippen LogP contribution < -0.4 is 14.2 Å². The van der Waals surface area contributed by atoms with Crippen molar-refractivity contribution >= 4 is 36.8 Å². The summed E-state index contributed by atoms with van der Waals surface area (Å²) in [7, 11) is 0. The van der Waals surface area contributed by atoms with Gasteiger partial charge in [-0.3, -0.25) is 14.4 Å². The maximum atomic E-state index is 12.7. The molecule has 0 saturated heterocycles. The number of carbonyl (C=O) groups is 6. The summed E-state index contributed by atoms with van der Waals surface area (Å²) in [6.07, 6.45) is 1.90. The van der Waals surface area contributed by atoms with Crippen molar-refractivity contribution in [2.75, 3.05) is 19.8 Å². The van der Waals surface area contributed by atoms with E-state index in [-0.39, 0.29) is 51.7 Å². The fourth-order valence-corrected chi connectivity index (χ4v) is 7.30. The SMILES string of the molecule is CC(C)c1cc(C(C)(C)c2ccc(C(C)(c3cc(C=O)c(OCC(=O)O)c(C(C)C)c3)c3cc(C=O)c(OCC(=O)O)c(C(C)C)c3)cc2)cc(C=O)c1OCC(=O)O. The first-order valence-corrected chi connectivity index (χ1v) is 19.3. The second-order valence-corrected chi connectivity index (χ2v) is 16.1. The molecule has 0 aliphatic rings. The molecule has 0 saturated carbocycles. The number of hydrogen-bond acceptors (Lipinski definition) is 9. The fourth-order valence-electron chi connectivity index (χ4n) is 7.30. The third kappa shape index (κ3) is 9.71. The molecule has 0 heterocycles. The van der Waals surface area contributed by atoms with Crippen LogP contribution in [0.2, 0.25) is 0 Å². The van der Waals surface area contributed by atoms with Gasteiger partial charge in [0.15, 0.2) is 38.7 Å². The largest absolute Gasteiger partial charge is 0.481 e. The van der Waals surface area contributed by atoms with Crippen molar-refractivity contribution in [3.05, 3.63) is 122 Å². The normalized spacial score (nSPS) is 11.7. The van der Waals surface area contributed by atoms with Crippen LogP contribution in [0.3, 0.4) is 0 Å². The Kier molecular flexibility index (Phi) is 14.3. The number of carbonyl (C=O) groups excluding carboxylic acids is 3. The molecule has 0 unspecified atom stereocenters. The molecule has 3 N–H and O–H groups in total. The topological polar surface area (TPSA) is 191 Å². The van der Waals surface area contributed by atoms with Gasteiger partial charge >= 0.3 is 17.9 Å². The molecule has 0 amide bonds. The summed E-state index contributed by atoms with van der Waals surface area (Å²) in [6, 6.07) is 18.5. The third-order valence-corrected chi connectivity index (χ3v) is 10.8. The molecule has 0 radical (unpaired) electrons. The van der Waals surface area contributed by atoms with E-state index < -0.39 is 48.6 Å². The summed E-state index contributed by atoms with van der Waals surface area (Å²) in [5.74, 6) is -3.54. The summed E-state index contributed by atoms with van der Waals surface area (Å²) < 4.78 is 16.9. The zero-order chi connectivity index (χ0) is 44.0. The Morgan fingerprint density at radius 2 is 0.780 bits per heavy atom. The highest BCUT2D eigenvalue weighted by Crippen LogP contribution is 2.46. The monoisotopic (exact) mass is 808 g/mol. The van der Waals surface area contributed by atoms with E-state index in [0.29, 0.717) is 46.7 Å². The Morgan fingerprint density at radius 1 is 0.492 bits per heavy atom. The average Bonchev–Trinajstić information content (AvgIpc) is 3.19. The Morgan fingerprint density at radius 3 is 1.07 bits per heavy atom. The summed E-state index contributed by atoms with van der Waals surface area (Å²) in [5.41, 5.74) is 4.31. The molecule has 0 fully saturated rings. The van der Waals surface area contributed by atoms with E-state index in [4.69, 9.17) is 14.2 Å². The average molecular weight is 809 g/mol. The minimum absolute atomic E-state index is 0.0999. The molecule has 4 aromatic carbocycles. The summed E-state index contributed by atoms with van der Waals surface area (Å²) in [5, 5.41) is 28.1. The van der Waals surface area contributed by atoms with Crippen LogP contribution in [-0.4, -0.2) is 71.9 Å². The number of aldehydes is 3. The lowest BCUT2D eigenvalue weighted by atomic mass is 9.68. The number of rotatable bonds is 20. The van der Waals surface area contributed by atoms with Crippen LogP contribution in [0.25, 0.3) is 0 Å². The zero-order valence-corrected chi connectivity index (χ0v) is 34.9. The lowest BCUT2D eigenvalue weighted by Crippen LogP contribution is -2.28. The van der Waals surface area contributed by atoms with Crippen molar-refractivity contribution in [2.45, 2.75) is 90.9 Å². The highest BCUT2D eigenvalue weighted by atomic mass is 16.5. The van der Waals surface area contributed by atoms with Crippen molar-refractivity contribution in [1.29, 1.82) is 0 Å². The lowest BCUT2D eigenvalue weighted by Gasteiger charge is -2.35. The highest BCUT2D eigenvalue weighted by molar-refractivity contribution is 5.84. The van der Waals surface area contributed by atoms with E-state index in [1.165, 1.54) is 0 Å². The van der Waals surface area contributed by atoms with E-state index in [2.05, 4.69) is 0 Å². The number of ether oxygens (including phenoxy) is 3. The molecular formula is C47H52O12. The van der Waals surface area contributed by atoms with Gasteiger partial charge in [-0.05, 0) is 87.4 Å². The standard InChI is InChI=1S/C47H52O12/c1-26(2)37-17-34(14-29(20-48)43(37)57-23-40(51)52)46(7,8)32-10-12-33(13-11-32)47(9,35-15-30(21-49)44(58-24-41(53)54)38(18-35)27(3)4)36-16-31(22-50)45(59-25-42(55)56)39(19-36)28(5)6/h10-22,26-28H,23-25H2,1-9H3,(H,51,52)(H,53,54)(H,55,56). The molecule has 59 heavy (non-hydrogen) atoms. The maximum absolute atomic E-state index is 12.7. The molecule has 0 aliphatic heterocycles. The lowest BCUT2D eigenvalue weighted by molar-refractivity contribution is -0.140. The molecular weight excluding hydrogens is 757 g/mol. The van der Waals surface area contributed by atoms with Gasteiger partial charge in [0.05, 0.1) is 16.7 Å². The van der Waals surface area contributed by atoms with Gasteiger partial charge in [-0.2, -0.15) is 0 Å². The van der Waals surface area contributed by atoms with Gasteiger partial charge < -0.3 is 29.5 Å². The summed E-state index contributed by atoms with van der Waals surface area (Å²) in [4.78, 5) is 72.1. The zero-order valence-electron chi connectivity index (χ0n) is 34.9. The van der Waals surface area contributed by atoms with Crippen molar-refractivity contribution in [1.82, 2.24) is 0 Å². The van der Waals surface area contributed by atoms with E-state index in [1.807, 2.05) is 105 Å². The van der Waals surface area contributed by atoms with Crippen LogP contribution in [0, 0.1) is 0 Å². The van der Waals surface area contributed by atoms with Crippen LogP contribution in [-0.2, 0) is 25.2 Å². The second-order valence-electron chi connectivity index (χ2n) is 16.1. The number of aliphatic carboxylic acids is 3. The van der Waals surface area contributed by atoms with Gasteiger partial charge in [-0.1, -0.05) is 97.9 Å². The van der Waals surface area contributed by atoms with Gasteiger partial charge in [0.2, 0.25) is 0 Å². The quantitative estimate of drug-likeness (QED) is 0.0570. The van der Waals surface area contributed by atoms with Crippen molar-refractivity contribution in [3.63, 3.8) is 0 Å². The predicted octanol–water partition coefficient (Wildman–Crippen LogP) is 8.56. The van der Waals surface area contributed by atoms with Crippen LogP contribution in [0.15, 0.2) is 60.7 Å². The first-order valence-electron chi connectivity index (χ1n) is 19.3. The first kappa shape index (κ1) is 45.4. The Bertz CT molecular complexity index is 2160. The minimum Gasteiger partial charge on any atom is -0.481 e. The molecule has 0 atom stereocenters. The van der Waals surface area contributed by atoms with Gasteiger partial charge in [-0.15, -0.1) is 0 Å². The fraction of sp³-hybridized carbons (Fsp3) is 0.362. The predicted molar refractivity (Wildman–Crippen MR) is 221 cm³/mol. The summed E-state index contributed by atoms with van der Waals surface area (Å²) in [6.45, 7) is 15.5. The van der Waals surface area contributed by atoms with Crippen molar-refractivity contribution in [2.24, 2.45) is 0 Å². The maximum Gasteiger partial charge on any atom is 0.341 e. The van der Waals surface area contributed by atoms with Crippen LogP contribution >= 0.6 is 0 Å². The van der Waals surface area contributed by atoms with Crippen molar-refractivity contribution < 1.29 is 58.3 Å². The number of carboxylic acids is 3. The van der Waals surface area contributed by atoms with Crippen LogP contribution in [0.4, 0.5) is 0 Å². The van der Waals surface area contributed by atoms with Crippen LogP contribution in [0.5, 0.6) is 17.2 Å². The highest BCUT2D eigenvalue weighted by Gasteiger charge is 2.36. The van der Waals surface area contributed by atoms with E-state index >= 15 is 0 Å². The van der Waals surface area contributed by atoms with Gasteiger partial charge in [0, 0.05) is 10.8 Å². The Labute approximate surface area is 344 Å². The molecule has 0 spiro atoms. The Balaban J connectivity index is 2.03. The number of carboxylic acid groups (broad SMARTS) is 3. The smallest absolute Gasteiger partial charge is 0.341 e.